The molecule has 1 fully saturated rings. The van der Waals surface area contributed by atoms with Crippen molar-refractivity contribution in [2.24, 2.45) is 5.92 Å². The molecule has 0 saturated carbocycles. The number of rotatable bonds is 0. The number of ether oxygens (including phenoxy) is 1. The normalized spacial score (nSPS) is 25.9. The number of nitrogens with zero attached hydrogens (tertiary/aromatic N) is 2. The third-order valence-corrected chi connectivity index (χ3v) is 5.29. The van der Waals surface area contributed by atoms with Crippen molar-refractivity contribution in [3.8, 4) is 0 Å². The number of aryl methyl sites for hydroxylation is 1. The summed E-state index contributed by atoms with van der Waals surface area (Å²) in [5, 5.41) is 0. The van der Waals surface area contributed by atoms with E-state index in [9.17, 15) is 4.79 Å². The zero-order chi connectivity index (χ0) is 16.2. The second kappa shape index (κ2) is 5.15. The first-order valence-corrected chi connectivity index (χ1v) is 8.77. The lowest BCUT2D eigenvalue weighted by Gasteiger charge is -2.41. The van der Waals surface area contributed by atoms with Gasteiger partial charge in [0.15, 0.2) is 0 Å². The van der Waals surface area contributed by atoms with Crippen molar-refractivity contribution in [2.45, 2.75) is 45.1 Å². The van der Waals surface area contributed by atoms with Crippen LogP contribution in [0.1, 0.15) is 44.2 Å². The predicted molar refractivity (Wildman–Crippen MR) is 91.0 cm³/mol. The summed E-state index contributed by atoms with van der Waals surface area (Å²) in [4.78, 5) is 16.9. The molecule has 3 aliphatic heterocycles. The van der Waals surface area contributed by atoms with E-state index in [1.807, 2.05) is 25.7 Å². The Kier molecular flexibility index (Phi) is 3.33. The SMILES string of the molecule is CC(C)(C)OC(=O)N1C[C@@H]2CN3CCCc4cccc(c43)[C@@H]2C1. The maximum Gasteiger partial charge on any atom is 0.410 e. The van der Waals surface area contributed by atoms with Gasteiger partial charge in [0.05, 0.1) is 0 Å². The molecule has 0 N–H and O–H groups in total. The van der Waals surface area contributed by atoms with Crippen LogP contribution in [0.25, 0.3) is 0 Å². The van der Waals surface area contributed by atoms with Gasteiger partial charge in [-0.2, -0.15) is 0 Å². The lowest BCUT2D eigenvalue weighted by Crippen LogP contribution is -2.41. The van der Waals surface area contributed by atoms with Crippen LogP contribution in [-0.2, 0) is 11.2 Å². The smallest absolute Gasteiger partial charge is 0.410 e. The first-order valence-electron chi connectivity index (χ1n) is 8.77. The third kappa shape index (κ3) is 2.58. The monoisotopic (exact) mass is 314 g/mol. The van der Waals surface area contributed by atoms with Gasteiger partial charge in [-0.1, -0.05) is 18.2 Å². The van der Waals surface area contributed by atoms with Crippen LogP contribution in [0.5, 0.6) is 0 Å². The summed E-state index contributed by atoms with van der Waals surface area (Å²) in [5.41, 5.74) is 3.98. The Hall–Kier alpha value is -1.71. The van der Waals surface area contributed by atoms with Crippen molar-refractivity contribution in [3.63, 3.8) is 0 Å². The predicted octanol–water partition coefficient (Wildman–Crippen LogP) is 3.40. The molecule has 0 bridgehead atoms. The van der Waals surface area contributed by atoms with E-state index in [4.69, 9.17) is 4.74 Å². The summed E-state index contributed by atoms with van der Waals surface area (Å²) in [6.45, 7) is 9.64. The average molecular weight is 314 g/mol. The molecule has 0 aromatic heterocycles. The molecule has 2 atom stereocenters. The van der Waals surface area contributed by atoms with E-state index in [0.29, 0.717) is 11.8 Å². The molecule has 1 amide bonds. The molecule has 0 aliphatic carbocycles. The van der Waals surface area contributed by atoms with Crippen LogP contribution in [0.2, 0.25) is 0 Å². The van der Waals surface area contributed by atoms with Crippen LogP contribution in [0.15, 0.2) is 18.2 Å². The first kappa shape index (κ1) is 14.9. The molecule has 4 rings (SSSR count). The van der Waals surface area contributed by atoms with Gasteiger partial charge >= 0.3 is 6.09 Å². The van der Waals surface area contributed by atoms with E-state index in [0.717, 1.165) is 26.2 Å². The van der Waals surface area contributed by atoms with Crippen molar-refractivity contribution >= 4 is 11.8 Å². The number of amides is 1. The summed E-state index contributed by atoms with van der Waals surface area (Å²) in [6.07, 6.45) is 2.27. The largest absolute Gasteiger partial charge is 0.444 e. The quantitative estimate of drug-likeness (QED) is 0.736. The van der Waals surface area contributed by atoms with Gasteiger partial charge in [0.25, 0.3) is 0 Å². The summed E-state index contributed by atoms with van der Waals surface area (Å²) < 4.78 is 5.58. The lowest BCUT2D eigenvalue weighted by molar-refractivity contribution is 0.0287. The number of hydrogen-bond acceptors (Lipinski definition) is 3. The van der Waals surface area contributed by atoms with Crippen molar-refractivity contribution < 1.29 is 9.53 Å². The fourth-order valence-electron chi connectivity index (χ4n) is 4.42. The number of benzene rings is 1. The van der Waals surface area contributed by atoms with Gasteiger partial charge in [-0.25, -0.2) is 4.79 Å². The van der Waals surface area contributed by atoms with Gasteiger partial charge in [0.1, 0.15) is 5.60 Å². The number of carbonyl (C=O) groups excluding carboxylic acids is 1. The van der Waals surface area contributed by atoms with E-state index in [-0.39, 0.29) is 6.09 Å². The standard InChI is InChI=1S/C19H26N2O2/c1-19(2,3)23-18(22)21-11-14-10-20-9-5-7-13-6-4-8-15(17(13)20)16(14)12-21/h4,6,8,14,16H,5,7,9-12H2,1-3H3/t14-,16+/m0/s1. The minimum atomic E-state index is -0.426. The highest BCUT2D eigenvalue weighted by Crippen LogP contribution is 2.46. The number of carbonyl (C=O) groups is 1. The Morgan fingerprint density at radius 3 is 2.83 bits per heavy atom. The highest BCUT2D eigenvalue weighted by atomic mass is 16.6. The molecule has 1 saturated heterocycles. The molecular weight excluding hydrogens is 288 g/mol. The molecule has 23 heavy (non-hydrogen) atoms. The van der Waals surface area contributed by atoms with Crippen LogP contribution in [0, 0.1) is 5.92 Å². The second-order valence-electron chi connectivity index (χ2n) is 8.16. The molecule has 0 unspecified atom stereocenters. The first-order chi connectivity index (χ1) is 10.9. The molecule has 4 nitrogen and oxygen atoms in total. The highest BCUT2D eigenvalue weighted by molar-refractivity contribution is 5.70. The Morgan fingerprint density at radius 1 is 1.22 bits per heavy atom. The van der Waals surface area contributed by atoms with Gasteiger partial charge in [0.2, 0.25) is 0 Å². The van der Waals surface area contributed by atoms with Gasteiger partial charge in [-0.15, -0.1) is 0 Å². The van der Waals surface area contributed by atoms with Gasteiger partial charge in [0, 0.05) is 43.7 Å². The summed E-state index contributed by atoms with van der Waals surface area (Å²) in [5.74, 6) is 0.996. The number of hydrogen-bond donors (Lipinski definition) is 0. The maximum atomic E-state index is 12.4. The minimum Gasteiger partial charge on any atom is -0.444 e. The van der Waals surface area contributed by atoms with E-state index < -0.39 is 5.60 Å². The van der Waals surface area contributed by atoms with Crippen LogP contribution in [0.3, 0.4) is 0 Å². The third-order valence-electron chi connectivity index (χ3n) is 5.29. The topological polar surface area (TPSA) is 32.8 Å². The Bertz CT molecular complexity index is 635. The van der Waals surface area contributed by atoms with Crippen molar-refractivity contribution in [1.82, 2.24) is 4.90 Å². The Morgan fingerprint density at radius 2 is 2.04 bits per heavy atom. The van der Waals surface area contributed by atoms with E-state index in [1.54, 1.807) is 0 Å². The van der Waals surface area contributed by atoms with Gasteiger partial charge in [-0.3, -0.25) is 0 Å². The molecule has 0 radical (unpaired) electrons. The number of anilines is 1. The van der Waals surface area contributed by atoms with E-state index in [2.05, 4.69) is 23.1 Å². The lowest BCUT2D eigenvalue weighted by atomic mass is 9.80. The van der Waals surface area contributed by atoms with Crippen molar-refractivity contribution in [1.29, 1.82) is 0 Å². The molecule has 124 valence electrons. The second-order valence-corrected chi connectivity index (χ2v) is 8.16. The summed E-state index contributed by atoms with van der Waals surface area (Å²) in [6, 6.07) is 6.73. The van der Waals surface area contributed by atoms with Crippen LogP contribution in [0.4, 0.5) is 10.5 Å². The average Bonchev–Trinajstić information content (AvgIpc) is 2.90. The number of para-hydroxylation sites is 1. The zero-order valence-electron chi connectivity index (χ0n) is 14.3. The molecular formula is C19H26N2O2. The molecule has 0 spiro atoms. The zero-order valence-corrected chi connectivity index (χ0v) is 14.3. The molecule has 3 heterocycles. The van der Waals surface area contributed by atoms with Crippen LogP contribution >= 0.6 is 0 Å². The van der Waals surface area contributed by atoms with E-state index >= 15 is 0 Å². The van der Waals surface area contributed by atoms with Gasteiger partial charge in [-0.05, 0) is 44.7 Å². The van der Waals surface area contributed by atoms with Crippen LogP contribution in [-0.4, -0.2) is 42.8 Å². The number of likely N-dealkylation sites (tertiary alicyclic amines) is 1. The van der Waals surface area contributed by atoms with Crippen LogP contribution < -0.4 is 4.90 Å². The molecule has 4 heteroatoms. The van der Waals surface area contributed by atoms with Crippen molar-refractivity contribution in [3.05, 3.63) is 29.3 Å². The highest BCUT2D eigenvalue weighted by Gasteiger charge is 2.43. The molecule has 3 aliphatic rings. The fraction of sp³-hybridized carbons (Fsp3) is 0.632. The summed E-state index contributed by atoms with van der Waals surface area (Å²) >= 11 is 0. The molecule has 1 aromatic carbocycles. The van der Waals surface area contributed by atoms with Gasteiger partial charge < -0.3 is 14.5 Å². The summed E-state index contributed by atoms with van der Waals surface area (Å²) in [7, 11) is 0. The fourth-order valence-corrected chi connectivity index (χ4v) is 4.42. The maximum absolute atomic E-state index is 12.4. The minimum absolute atomic E-state index is 0.161. The Balaban J connectivity index is 1.60. The van der Waals surface area contributed by atoms with Crippen molar-refractivity contribution in [2.75, 3.05) is 31.1 Å². The molecule has 1 aromatic rings. The Labute approximate surface area is 138 Å². The number of fused-ring (bicyclic) bond motifs is 2. The van der Waals surface area contributed by atoms with E-state index in [1.165, 1.54) is 29.7 Å².